The minimum absolute atomic E-state index is 0.0247. The van der Waals surface area contributed by atoms with Crippen LogP contribution in [0.4, 0.5) is 5.69 Å². The van der Waals surface area contributed by atoms with E-state index < -0.39 is 42.2 Å². The molecule has 2 amide bonds. The third kappa shape index (κ3) is 7.60. The molecule has 1 aromatic carbocycles. The molecule has 0 spiro atoms. The van der Waals surface area contributed by atoms with Crippen LogP contribution in [0.1, 0.15) is 37.6 Å². The smallest absolute Gasteiger partial charge is 0.327 e. The Labute approximate surface area is 167 Å². The molecule has 158 valence electrons. The Morgan fingerprint density at radius 3 is 2.07 bits per heavy atom. The Balaban J connectivity index is 3.03. The molecule has 0 bridgehead atoms. The van der Waals surface area contributed by atoms with Crippen LogP contribution in [-0.4, -0.2) is 54.1 Å². The first-order chi connectivity index (χ1) is 13.7. The summed E-state index contributed by atoms with van der Waals surface area (Å²) in [6.45, 7) is 4.46. The van der Waals surface area contributed by atoms with E-state index in [9.17, 15) is 29.1 Å². The summed E-state index contributed by atoms with van der Waals surface area (Å²) in [5.74, 6) is -5.75. The molecule has 10 heteroatoms. The molecule has 10 nitrogen and oxygen atoms in total. The molecule has 0 aromatic heterocycles. The molecule has 3 N–H and O–H groups in total. The summed E-state index contributed by atoms with van der Waals surface area (Å²) in [6.07, 6.45) is -0.564. The second kappa shape index (κ2) is 11.4. The summed E-state index contributed by atoms with van der Waals surface area (Å²) < 4.78 is 9.63. The van der Waals surface area contributed by atoms with Crippen LogP contribution < -0.4 is 10.6 Å². The number of esters is 2. The van der Waals surface area contributed by atoms with Gasteiger partial charge in [0.15, 0.2) is 0 Å². The van der Waals surface area contributed by atoms with Gasteiger partial charge in [0.1, 0.15) is 6.04 Å². The first kappa shape index (κ1) is 23.6. The lowest BCUT2D eigenvalue weighted by Gasteiger charge is -2.22. The van der Waals surface area contributed by atoms with E-state index in [0.29, 0.717) is 5.69 Å². The van der Waals surface area contributed by atoms with Crippen molar-refractivity contribution in [2.45, 2.75) is 33.2 Å². The molecule has 0 unspecified atom stereocenters. The van der Waals surface area contributed by atoms with Crippen LogP contribution in [0.3, 0.4) is 0 Å². The lowest BCUT2D eigenvalue weighted by molar-refractivity contribution is -0.159. The predicted molar refractivity (Wildman–Crippen MR) is 101 cm³/mol. The van der Waals surface area contributed by atoms with Gasteiger partial charge in [0.2, 0.25) is 5.91 Å². The van der Waals surface area contributed by atoms with E-state index in [1.165, 1.54) is 38.1 Å². The Morgan fingerprint density at radius 2 is 1.59 bits per heavy atom. The highest BCUT2D eigenvalue weighted by atomic mass is 16.5. The Bertz CT molecular complexity index is 760. The van der Waals surface area contributed by atoms with Crippen LogP contribution in [0.25, 0.3) is 0 Å². The number of hydrogen-bond donors (Lipinski definition) is 3. The number of rotatable bonds is 10. The standard InChI is InChI=1S/C19H24N2O8/c1-4-28-15(23)10-14(19(27)29-5-2)16(18(25)26)21-17(24)12-6-8-13(9-7-12)20-11(3)22/h6-9,14,16H,4-5,10H2,1-3H3,(H,20,22)(H,21,24)(H,25,26)/t14-,16+/m1/s1. The van der Waals surface area contributed by atoms with Gasteiger partial charge in [-0.15, -0.1) is 0 Å². The summed E-state index contributed by atoms with van der Waals surface area (Å²) in [6, 6.07) is 3.98. The van der Waals surface area contributed by atoms with Crippen molar-refractivity contribution in [3.63, 3.8) is 0 Å². The van der Waals surface area contributed by atoms with Gasteiger partial charge in [-0.25, -0.2) is 4.79 Å². The highest BCUT2D eigenvalue weighted by molar-refractivity contribution is 5.99. The number of carbonyl (C=O) groups is 5. The number of carbonyl (C=O) groups excluding carboxylic acids is 4. The number of aliphatic carboxylic acids is 1. The van der Waals surface area contributed by atoms with E-state index >= 15 is 0 Å². The van der Waals surface area contributed by atoms with Crippen molar-refractivity contribution in [2.24, 2.45) is 5.92 Å². The van der Waals surface area contributed by atoms with Crippen LogP contribution in [0.2, 0.25) is 0 Å². The van der Waals surface area contributed by atoms with Gasteiger partial charge in [0, 0.05) is 18.2 Å². The van der Waals surface area contributed by atoms with E-state index in [1.54, 1.807) is 6.92 Å². The minimum Gasteiger partial charge on any atom is -0.480 e. The SMILES string of the molecule is CCOC(=O)C[C@@H](C(=O)OCC)[C@H](NC(=O)c1ccc(NC(C)=O)cc1)C(=O)O. The van der Waals surface area contributed by atoms with Crippen LogP contribution >= 0.6 is 0 Å². The van der Waals surface area contributed by atoms with Gasteiger partial charge in [-0.3, -0.25) is 19.2 Å². The van der Waals surface area contributed by atoms with Crippen molar-refractivity contribution in [3.8, 4) is 0 Å². The number of amides is 2. The molecule has 1 rings (SSSR count). The average Bonchev–Trinajstić information content (AvgIpc) is 2.64. The van der Waals surface area contributed by atoms with Gasteiger partial charge in [-0.05, 0) is 38.1 Å². The first-order valence-corrected chi connectivity index (χ1v) is 8.93. The summed E-state index contributed by atoms with van der Waals surface area (Å²) in [5, 5.41) is 14.3. The summed E-state index contributed by atoms with van der Waals surface area (Å²) >= 11 is 0. The molecule has 1 aromatic rings. The lowest BCUT2D eigenvalue weighted by Crippen LogP contribution is -2.49. The molecule has 2 atom stereocenters. The third-order valence-corrected chi connectivity index (χ3v) is 3.70. The highest BCUT2D eigenvalue weighted by Crippen LogP contribution is 2.16. The van der Waals surface area contributed by atoms with Crippen LogP contribution in [-0.2, 0) is 28.7 Å². The van der Waals surface area contributed by atoms with Gasteiger partial charge >= 0.3 is 17.9 Å². The van der Waals surface area contributed by atoms with Gasteiger partial charge in [-0.2, -0.15) is 0 Å². The zero-order valence-electron chi connectivity index (χ0n) is 16.4. The summed E-state index contributed by atoms with van der Waals surface area (Å²) in [7, 11) is 0. The van der Waals surface area contributed by atoms with Crippen LogP contribution in [0, 0.1) is 5.92 Å². The minimum atomic E-state index is -1.71. The van der Waals surface area contributed by atoms with E-state index in [-0.39, 0.29) is 24.7 Å². The molecule has 0 fully saturated rings. The van der Waals surface area contributed by atoms with Gasteiger partial charge in [0.05, 0.1) is 25.6 Å². The zero-order valence-corrected chi connectivity index (χ0v) is 16.4. The number of nitrogens with one attached hydrogen (secondary N) is 2. The second-order valence-corrected chi connectivity index (χ2v) is 5.92. The molecule has 0 aliphatic carbocycles. The van der Waals surface area contributed by atoms with Gasteiger partial charge in [0.25, 0.3) is 5.91 Å². The number of hydrogen-bond acceptors (Lipinski definition) is 7. The molecule has 0 heterocycles. The van der Waals surface area contributed by atoms with Crippen molar-refractivity contribution in [1.29, 1.82) is 0 Å². The second-order valence-electron chi connectivity index (χ2n) is 5.92. The number of carboxylic acids is 1. The van der Waals surface area contributed by atoms with Crippen molar-refractivity contribution in [2.75, 3.05) is 18.5 Å². The van der Waals surface area contributed by atoms with E-state index in [0.717, 1.165) is 0 Å². The quantitative estimate of drug-likeness (QED) is 0.485. The lowest BCUT2D eigenvalue weighted by atomic mass is 9.95. The summed E-state index contributed by atoms with van der Waals surface area (Å²) in [4.78, 5) is 59.2. The number of anilines is 1. The molecule has 0 aliphatic heterocycles. The molecular weight excluding hydrogens is 384 g/mol. The topological polar surface area (TPSA) is 148 Å². The van der Waals surface area contributed by atoms with E-state index in [4.69, 9.17) is 9.47 Å². The fourth-order valence-electron chi connectivity index (χ4n) is 2.45. The number of carboxylic acid groups (broad SMARTS) is 1. The zero-order chi connectivity index (χ0) is 22.0. The molecule has 29 heavy (non-hydrogen) atoms. The molecule has 0 saturated carbocycles. The number of ether oxygens (including phenoxy) is 2. The molecular formula is C19H24N2O8. The number of benzene rings is 1. The predicted octanol–water partition coefficient (Wildman–Crippen LogP) is 0.960. The van der Waals surface area contributed by atoms with E-state index in [1.807, 2.05) is 0 Å². The first-order valence-electron chi connectivity index (χ1n) is 8.93. The van der Waals surface area contributed by atoms with Gasteiger partial charge < -0.3 is 25.2 Å². The molecule has 0 aliphatic rings. The largest absolute Gasteiger partial charge is 0.480 e. The van der Waals surface area contributed by atoms with Crippen molar-refractivity contribution in [1.82, 2.24) is 5.32 Å². The maximum absolute atomic E-state index is 12.5. The Kier molecular flexibility index (Phi) is 9.30. The third-order valence-electron chi connectivity index (χ3n) is 3.70. The molecule has 0 radical (unpaired) electrons. The fourth-order valence-corrected chi connectivity index (χ4v) is 2.45. The van der Waals surface area contributed by atoms with E-state index in [2.05, 4.69) is 10.6 Å². The highest BCUT2D eigenvalue weighted by Gasteiger charge is 2.38. The maximum Gasteiger partial charge on any atom is 0.327 e. The van der Waals surface area contributed by atoms with Gasteiger partial charge in [-0.1, -0.05) is 0 Å². The van der Waals surface area contributed by atoms with Crippen molar-refractivity contribution in [3.05, 3.63) is 29.8 Å². The normalized spacial score (nSPS) is 12.2. The monoisotopic (exact) mass is 408 g/mol. The van der Waals surface area contributed by atoms with Crippen LogP contribution in [0.5, 0.6) is 0 Å². The fraction of sp³-hybridized carbons (Fsp3) is 0.421. The van der Waals surface area contributed by atoms with Crippen LogP contribution in [0.15, 0.2) is 24.3 Å². The Morgan fingerprint density at radius 1 is 1.00 bits per heavy atom. The maximum atomic E-state index is 12.5. The molecule has 0 saturated heterocycles. The average molecular weight is 408 g/mol. The Hall–Kier alpha value is -3.43. The van der Waals surface area contributed by atoms with Crippen molar-refractivity contribution >= 4 is 35.4 Å². The summed E-state index contributed by atoms with van der Waals surface area (Å²) in [5.41, 5.74) is 0.555. The van der Waals surface area contributed by atoms with Crippen molar-refractivity contribution < 1.29 is 38.6 Å².